The number of rotatable bonds is 5. The van der Waals surface area contributed by atoms with Gasteiger partial charge in [0.1, 0.15) is 11.5 Å². The Morgan fingerprint density at radius 2 is 2.00 bits per heavy atom. The summed E-state index contributed by atoms with van der Waals surface area (Å²) in [7, 11) is -1.74. The second-order valence-corrected chi connectivity index (χ2v) is 9.37. The van der Waals surface area contributed by atoms with Crippen molar-refractivity contribution in [3.63, 3.8) is 0 Å². The number of hydrogen-bond acceptors (Lipinski definition) is 4. The molecule has 1 aromatic heterocycles. The molecule has 12 heteroatoms. The molecular formula is C21H18ClF4N3O3S. The molecule has 0 aliphatic heterocycles. The van der Waals surface area contributed by atoms with Crippen molar-refractivity contribution >= 4 is 28.5 Å². The topological polar surface area (TPSA) is 94.3 Å². The van der Waals surface area contributed by atoms with E-state index >= 15 is 0 Å². The van der Waals surface area contributed by atoms with Crippen LogP contribution in [-0.2, 0) is 17.2 Å². The number of aryl methyl sites for hydroxylation is 1. The number of amides is 1. The molecule has 0 fully saturated rings. The smallest absolute Gasteiger partial charge is 0.417 e. The fourth-order valence-electron chi connectivity index (χ4n) is 3.08. The molecule has 0 spiro atoms. The van der Waals surface area contributed by atoms with Crippen molar-refractivity contribution < 1.29 is 31.3 Å². The average Bonchev–Trinajstić information content (AvgIpc) is 2.70. The zero-order valence-corrected chi connectivity index (χ0v) is 18.9. The van der Waals surface area contributed by atoms with Crippen LogP contribution in [0.15, 0.2) is 48.2 Å². The Morgan fingerprint density at radius 1 is 1.30 bits per heavy atom. The Morgan fingerprint density at radius 3 is 2.61 bits per heavy atom. The van der Waals surface area contributed by atoms with Crippen LogP contribution in [0, 0.1) is 12.9 Å². The summed E-state index contributed by atoms with van der Waals surface area (Å²) in [5.41, 5.74) is -1.12. The molecule has 1 amide bonds. The molecule has 0 radical (unpaired) electrons. The lowest BCUT2D eigenvalue weighted by Gasteiger charge is -2.27. The quantitative estimate of drug-likeness (QED) is 0.446. The molecule has 1 aliphatic carbocycles. The van der Waals surface area contributed by atoms with Crippen molar-refractivity contribution in [3.05, 3.63) is 76.0 Å². The van der Waals surface area contributed by atoms with E-state index in [0.29, 0.717) is 11.8 Å². The fraction of sp³-hybridized carbons (Fsp3) is 0.238. The third-order valence-electron chi connectivity index (χ3n) is 4.86. The van der Waals surface area contributed by atoms with Gasteiger partial charge in [-0.25, -0.2) is 9.19 Å². The average molecular weight is 504 g/mol. The van der Waals surface area contributed by atoms with E-state index in [4.69, 9.17) is 21.5 Å². The van der Waals surface area contributed by atoms with Crippen LogP contribution >= 0.6 is 11.6 Å². The molecule has 3 N–H and O–H groups in total. The third kappa shape index (κ3) is 5.60. The Bertz CT molecular complexity index is 1200. The minimum Gasteiger partial charge on any atom is -0.455 e. The minimum absolute atomic E-state index is 0.0492. The molecule has 6 nitrogen and oxygen atoms in total. The number of carbonyl (C=O) groups excluding carboxylic acids is 1. The lowest BCUT2D eigenvalue weighted by atomic mass is 9.99. The van der Waals surface area contributed by atoms with Crippen LogP contribution in [0.3, 0.4) is 0 Å². The second kappa shape index (κ2) is 9.24. The maximum atomic E-state index is 13.4. The minimum atomic E-state index is -4.82. The molecular weight excluding hydrogens is 486 g/mol. The Balaban J connectivity index is 2.00. The van der Waals surface area contributed by atoms with E-state index in [1.165, 1.54) is 13.0 Å². The van der Waals surface area contributed by atoms with Crippen molar-refractivity contribution in [1.82, 2.24) is 10.3 Å². The highest BCUT2D eigenvalue weighted by Gasteiger charge is 2.36. The van der Waals surface area contributed by atoms with Gasteiger partial charge in [-0.3, -0.25) is 9.93 Å². The Kier molecular flexibility index (Phi) is 6.96. The van der Waals surface area contributed by atoms with E-state index in [1.54, 1.807) is 25.2 Å². The number of carbonyl (C=O) groups is 1. The van der Waals surface area contributed by atoms with Crippen molar-refractivity contribution in [1.29, 1.82) is 0 Å². The van der Waals surface area contributed by atoms with Crippen LogP contribution < -0.4 is 15.2 Å². The maximum Gasteiger partial charge on any atom is 0.417 e. The first kappa shape index (κ1) is 24.9. The van der Waals surface area contributed by atoms with Crippen LogP contribution in [-0.4, -0.2) is 19.8 Å². The monoisotopic (exact) mass is 503 g/mol. The SMILES string of the molecule is Cc1nc(F)ccc1Oc1cc(C(F)(F)F)c(Cl)cc1C(=O)NC1=CC=CC(C)(S(N)=O)C1. The molecule has 2 atom stereocenters. The number of alkyl halides is 3. The van der Waals surface area contributed by atoms with E-state index in [1.807, 2.05) is 0 Å². The van der Waals surface area contributed by atoms with Crippen molar-refractivity contribution in [2.75, 3.05) is 0 Å². The second-order valence-electron chi connectivity index (χ2n) is 7.44. The summed E-state index contributed by atoms with van der Waals surface area (Å²) in [6.45, 7) is 3.03. The first-order valence-corrected chi connectivity index (χ1v) is 11.0. The molecule has 2 aromatic rings. The molecule has 0 saturated carbocycles. The first-order chi connectivity index (χ1) is 15.3. The van der Waals surface area contributed by atoms with Gasteiger partial charge in [-0.1, -0.05) is 23.8 Å². The summed E-state index contributed by atoms with van der Waals surface area (Å²) in [6, 6.07) is 3.57. The number of ether oxygens (including phenoxy) is 1. The van der Waals surface area contributed by atoms with Crippen molar-refractivity contribution in [2.24, 2.45) is 5.14 Å². The molecule has 0 saturated heterocycles. The van der Waals surface area contributed by atoms with Gasteiger partial charge in [0, 0.05) is 12.1 Å². The molecule has 176 valence electrons. The first-order valence-electron chi connectivity index (χ1n) is 9.38. The number of aromatic nitrogens is 1. The van der Waals surface area contributed by atoms with Crippen LogP contribution in [0.25, 0.3) is 0 Å². The Labute approximate surface area is 194 Å². The highest BCUT2D eigenvalue weighted by molar-refractivity contribution is 7.84. The zero-order valence-electron chi connectivity index (χ0n) is 17.3. The highest BCUT2D eigenvalue weighted by Crippen LogP contribution is 2.40. The highest BCUT2D eigenvalue weighted by atomic mass is 35.5. The van der Waals surface area contributed by atoms with Gasteiger partial charge in [0.15, 0.2) is 0 Å². The van der Waals surface area contributed by atoms with Gasteiger partial charge >= 0.3 is 6.18 Å². The molecule has 0 bridgehead atoms. The predicted molar refractivity (Wildman–Crippen MR) is 116 cm³/mol. The van der Waals surface area contributed by atoms with Crippen molar-refractivity contribution in [2.45, 2.75) is 31.2 Å². The molecule has 1 aromatic carbocycles. The summed E-state index contributed by atoms with van der Waals surface area (Å²) in [5, 5.41) is 7.38. The van der Waals surface area contributed by atoms with Gasteiger partial charge in [-0.15, -0.1) is 0 Å². The molecule has 33 heavy (non-hydrogen) atoms. The lowest BCUT2D eigenvalue weighted by Crippen LogP contribution is -2.38. The normalized spacial score (nSPS) is 19.1. The number of allylic oxidation sites excluding steroid dienone is 3. The van der Waals surface area contributed by atoms with Crippen LogP contribution in [0.4, 0.5) is 17.6 Å². The fourth-order valence-corrected chi connectivity index (χ4v) is 3.86. The summed E-state index contributed by atoms with van der Waals surface area (Å²) in [5.74, 6) is -2.13. The van der Waals surface area contributed by atoms with Crippen LogP contribution in [0.2, 0.25) is 5.02 Å². The molecule has 1 heterocycles. The number of pyridine rings is 1. The number of nitrogens with one attached hydrogen (secondary N) is 1. The molecule has 1 aliphatic rings. The summed E-state index contributed by atoms with van der Waals surface area (Å²) in [4.78, 5) is 16.5. The number of nitrogens with two attached hydrogens (primary N) is 1. The Hall–Kier alpha value is -2.76. The van der Waals surface area contributed by atoms with E-state index in [-0.39, 0.29) is 23.4 Å². The van der Waals surface area contributed by atoms with E-state index in [9.17, 15) is 26.6 Å². The number of halogens is 5. The van der Waals surface area contributed by atoms with Crippen LogP contribution in [0.5, 0.6) is 11.5 Å². The number of nitrogens with zero attached hydrogens (tertiary/aromatic N) is 1. The van der Waals surface area contributed by atoms with Gasteiger partial charge < -0.3 is 10.1 Å². The van der Waals surface area contributed by atoms with Gasteiger partial charge in [0.05, 0.1) is 37.6 Å². The molecule has 2 unspecified atom stereocenters. The maximum absolute atomic E-state index is 13.4. The molecule has 3 rings (SSSR count). The van der Waals surface area contributed by atoms with Gasteiger partial charge in [-0.05, 0) is 44.2 Å². The van der Waals surface area contributed by atoms with Crippen molar-refractivity contribution in [3.8, 4) is 11.5 Å². The lowest BCUT2D eigenvalue weighted by molar-refractivity contribution is -0.137. The summed E-state index contributed by atoms with van der Waals surface area (Å²) in [6.07, 6.45) is 0.0435. The van der Waals surface area contributed by atoms with E-state index in [2.05, 4.69) is 10.3 Å². The van der Waals surface area contributed by atoms with Gasteiger partial charge in [0.25, 0.3) is 5.91 Å². The third-order valence-corrected chi connectivity index (χ3v) is 6.38. The number of hydrogen-bond donors (Lipinski definition) is 2. The number of benzene rings is 1. The predicted octanol–water partition coefficient (Wildman–Crippen LogP) is 4.95. The van der Waals surface area contributed by atoms with E-state index < -0.39 is 50.1 Å². The van der Waals surface area contributed by atoms with Gasteiger partial charge in [-0.2, -0.15) is 17.6 Å². The van der Waals surface area contributed by atoms with Gasteiger partial charge in [0.2, 0.25) is 5.95 Å². The van der Waals surface area contributed by atoms with Crippen LogP contribution in [0.1, 0.15) is 35.0 Å². The summed E-state index contributed by atoms with van der Waals surface area (Å²) < 4.78 is 69.9. The summed E-state index contributed by atoms with van der Waals surface area (Å²) >= 11 is 5.81. The largest absolute Gasteiger partial charge is 0.455 e. The van der Waals surface area contributed by atoms with E-state index in [0.717, 1.165) is 12.1 Å². The standard InChI is InChI=1S/C21H18ClF4N3O3S/c1-11-16(5-6-18(23)28-11)32-17-9-14(21(24,25)26)15(22)8-13(17)19(30)29-12-4-3-7-20(2,10-12)33(27)31/h3-9H,10,27H2,1-2H3,(H,29,30). The zero-order chi connectivity index (χ0) is 24.6.